The summed E-state index contributed by atoms with van der Waals surface area (Å²) in [5.41, 5.74) is 22.6. The van der Waals surface area contributed by atoms with Crippen LogP contribution in [0.3, 0.4) is 0 Å². The molecule has 0 aliphatic rings. The van der Waals surface area contributed by atoms with Gasteiger partial charge in [0.05, 0.1) is 12.6 Å². The molecule has 0 aliphatic heterocycles. The van der Waals surface area contributed by atoms with Crippen LogP contribution in [0.5, 0.6) is 0 Å². The van der Waals surface area contributed by atoms with Gasteiger partial charge < -0.3 is 49.1 Å². The number of nitrogens with one attached hydrogen (secondary N) is 3. The van der Waals surface area contributed by atoms with Gasteiger partial charge in [0.1, 0.15) is 18.1 Å². The van der Waals surface area contributed by atoms with Crippen LogP contribution in [0, 0.1) is 0 Å². The highest BCUT2D eigenvalue weighted by molar-refractivity contribution is 5.94. The molecule has 0 spiro atoms. The lowest BCUT2D eigenvalue weighted by molar-refractivity contribution is -0.142. The number of nitrogens with two attached hydrogens (primary N) is 4. The van der Waals surface area contributed by atoms with Crippen LogP contribution in [0.2, 0.25) is 0 Å². The van der Waals surface area contributed by atoms with Gasteiger partial charge in [0.2, 0.25) is 17.7 Å². The fourth-order valence-electron chi connectivity index (χ4n) is 3.48. The fourth-order valence-corrected chi connectivity index (χ4v) is 3.48. The molecular weight excluding hydrogens is 496 g/mol. The molecule has 0 aliphatic carbocycles. The Kier molecular flexibility index (Phi) is 15.0. The van der Waals surface area contributed by atoms with E-state index in [1.54, 1.807) is 30.3 Å². The number of rotatable bonds is 18. The number of aliphatic hydroxyl groups excluding tert-OH is 1. The molecule has 212 valence electrons. The number of carboxylic acid groups (broad SMARTS) is 1. The van der Waals surface area contributed by atoms with E-state index in [9.17, 15) is 29.4 Å². The first-order valence-electron chi connectivity index (χ1n) is 12.4. The number of aliphatic imine (C=N–C) groups is 1. The highest BCUT2D eigenvalue weighted by atomic mass is 16.4. The third-order valence-electron chi connectivity index (χ3n) is 5.60. The summed E-state index contributed by atoms with van der Waals surface area (Å²) in [5.74, 6) is -3.53. The van der Waals surface area contributed by atoms with Crippen molar-refractivity contribution in [3.8, 4) is 0 Å². The van der Waals surface area contributed by atoms with Crippen LogP contribution >= 0.6 is 0 Å². The third-order valence-corrected chi connectivity index (χ3v) is 5.60. The summed E-state index contributed by atoms with van der Waals surface area (Å²) < 4.78 is 0. The SMILES string of the molecule is NCCCCC(NC(=O)C(CO)NC(=O)C(N)CCCN=C(N)N)C(=O)NC(Cc1ccccc1)C(=O)O. The van der Waals surface area contributed by atoms with E-state index in [0.717, 1.165) is 0 Å². The average Bonchev–Trinajstić information content (AvgIpc) is 2.88. The van der Waals surface area contributed by atoms with Crippen LogP contribution in [0.15, 0.2) is 35.3 Å². The van der Waals surface area contributed by atoms with Gasteiger partial charge in [0.15, 0.2) is 5.96 Å². The minimum Gasteiger partial charge on any atom is -0.480 e. The Morgan fingerprint density at radius 1 is 0.842 bits per heavy atom. The zero-order valence-electron chi connectivity index (χ0n) is 21.3. The molecule has 0 saturated heterocycles. The molecule has 38 heavy (non-hydrogen) atoms. The summed E-state index contributed by atoms with van der Waals surface area (Å²) in [6.07, 6.45) is 1.90. The van der Waals surface area contributed by atoms with Crippen molar-refractivity contribution in [2.75, 3.05) is 19.7 Å². The van der Waals surface area contributed by atoms with Crippen molar-refractivity contribution in [1.29, 1.82) is 0 Å². The molecule has 1 aromatic rings. The number of carbonyl (C=O) groups excluding carboxylic acids is 3. The van der Waals surface area contributed by atoms with Gasteiger partial charge in [-0.1, -0.05) is 30.3 Å². The Labute approximate surface area is 221 Å². The van der Waals surface area contributed by atoms with Crippen molar-refractivity contribution >= 4 is 29.7 Å². The standard InChI is InChI=1S/C24H40N8O6/c25-11-5-4-10-17(21(35)31-18(23(37)38)13-15-7-2-1-3-8-15)30-22(36)19(14-33)32-20(34)16(26)9-6-12-29-24(27)28/h1-3,7-8,16-19,33H,4-6,9-14,25-26H2,(H,30,36)(H,31,35)(H,32,34)(H,37,38)(H4,27,28,29). The maximum absolute atomic E-state index is 13.0. The number of benzene rings is 1. The van der Waals surface area contributed by atoms with E-state index in [1.807, 2.05) is 0 Å². The summed E-state index contributed by atoms with van der Waals surface area (Å²) in [7, 11) is 0. The first kappa shape index (κ1) is 32.3. The second-order valence-electron chi connectivity index (χ2n) is 8.73. The van der Waals surface area contributed by atoms with Crippen LogP contribution in [-0.2, 0) is 25.6 Å². The van der Waals surface area contributed by atoms with E-state index in [1.165, 1.54) is 0 Å². The number of aliphatic hydroxyl groups is 1. The number of unbranched alkanes of at least 4 members (excludes halogenated alkanes) is 1. The van der Waals surface area contributed by atoms with Crippen LogP contribution in [0.25, 0.3) is 0 Å². The highest BCUT2D eigenvalue weighted by Gasteiger charge is 2.30. The topological polar surface area (TPSA) is 261 Å². The fraction of sp³-hybridized carbons (Fsp3) is 0.542. The predicted octanol–water partition coefficient (Wildman–Crippen LogP) is -2.73. The average molecular weight is 537 g/mol. The van der Waals surface area contributed by atoms with Gasteiger partial charge in [0.25, 0.3) is 0 Å². The Balaban J connectivity index is 2.83. The zero-order valence-corrected chi connectivity index (χ0v) is 21.3. The van der Waals surface area contributed by atoms with Crippen molar-refractivity contribution in [3.63, 3.8) is 0 Å². The number of carbonyl (C=O) groups is 4. The molecule has 0 bridgehead atoms. The van der Waals surface area contributed by atoms with Gasteiger partial charge in [-0.25, -0.2) is 4.79 Å². The van der Waals surface area contributed by atoms with Gasteiger partial charge in [-0.15, -0.1) is 0 Å². The highest BCUT2D eigenvalue weighted by Crippen LogP contribution is 2.07. The van der Waals surface area contributed by atoms with E-state index >= 15 is 0 Å². The number of guanidine groups is 1. The lowest BCUT2D eigenvalue weighted by Crippen LogP contribution is -2.58. The lowest BCUT2D eigenvalue weighted by Gasteiger charge is -2.24. The molecule has 14 nitrogen and oxygen atoms in total. The first-order valence-corrected chi connectivity index (χ1v) is 12.4. The molecule has 1 rings (SSSR count). The summed E-state index contributed by atoms with van der Waals surface area (Å²) in [6.45, 7) is -0.111. The van der Waals surface area contributed by atoms with Gasteiger partial charge in [0, 0.05) is 13.0 Å². The number of hydrogen-bond donors (Lipinski definition) is 9. The first-order chi connectivity index (χ1) is 18.1. The summed E-state index contributed by atoms with van der Waals surface area (Å²) in [4.78, 5) is 53.8. The molecule has 4 unspecified atom stereocenters. The van der Waals surface area contributed by atoms with Crippen molar-refractivity contribution in [3.05, 3.63) is 35.9 Å². The number of aliphatic carboxylic acids is 1. The molecule has 0 fully saturated rings. The van der Waals surface area contributed by atoms with E-state index in [0.29, 0.717) is 31.4 Å². The summed E-state index contributed by atoms with van der Waals surface area (Å²) >= 11 is 0. The molecule has 3 amide bonds. The number of carboxylic acids is 1. The Morgan fingerprint density at radius 2 is 1.45 bits per heavy atom. The van der Waals surface area contributed by atoms with Crippen molar-refractivity contribution in [1.82, 2.24) is 16.0 Å². The van der Waals surface area contributed by atoms with Crippen molar-refractivity contribution in [2.24, 2.45) is 27.9 Å². The monoisotopic (exact) mass is 536 g/mol. The molecule has 14 heteroatoms. The van der Waals surface area contributed by atoms with Crippen molar-refractivity contribution in [2.45, 2.75) is 62.7 Å². The minimum atomic E-state index is -1.38. The zero-order chi connectivity index (χ0) is 28.5. The Bertz CT molecular complexity index is 926. The molecular formula is C24H40N8O6. The lowest BCUT2D eigenvalue weighted by atomic mass is 10.0. The second-order valence-corrected chi connectivity index (χ2v) is 8.73. The molecule has 0 radical (unpaired) electrons. The van der Waals surface area contributed by atoms with E-state index < -0.39 is 54.5 Å². The van der Waals surface area contributed by atoms with E-state index in [2.05, 4.69) is 20.9 Å². The predicted molar refractivity (Wildman–Crippen MR) is 141 cm³/mol. The minimum absolute atomic E-state index is 0.0434. The normalized spacial score (nSPS) is 13.9. The summed E-state index contributed by atoms with van der Waals surface area (Å²) in [5, 5.41) is 26.6. The summed E-state index contributed by atoms with van der Waals surface area (Å²) in [6, 6.07) is 4.06. The third kappa shape index (κ3) is 12.5. The van der Waals surface area contributed by atoms with Gasteiger partial charge >= 0.3 is 5.97 Å². The Morgan fingerprint density at radius 3 is 2.03 bits per heavy atom. The van der Waals surface area contributed by atoms with Crippen LogP contribution in [-0.4, -0.2) is 83.7 Å². The van der Waals surface area contributed by atoms with Gasteiger partial charge in [-0.2, -0.15) is 0 Å². The Hall–Kier alpha value is -3.75. The van der Waals surface area contributed by atoms with Gasteiger partial charge in [-0.3, -0.25) is 19.4 Å². The maximum atomic E-state index is 13.0. The van der Waals surface area contributed by atoms with E-state index in [-0.39, 0.29) is 31.8 Å². The largest absolute Gasteiger partial charge is 0.480 e. The number of hydrogen-bond acceptors (Lipinski definition) is 8. The molecule has 4 atom stereocenters. The van der Waals surface area contributed by atoms with Crippen molar-refractivity contribution < 1.29 is 29.4 Å². The molecule has 13 N–H and O–H groups in total. The second kappa shape index (κ2) is 17.7. The smallest absolute Gasteiger partial charge is 0.326 e. The quantitative estimate of drug-likeness (QED) is 0.0531. The van der Waals surface area contributed by atoms with E-state index in [4.69, 9.17) is 22.9 Å². The molecule has 0 aromatic heterocycles. The number of nitrogens with zero attached hydrogens (tertiary/aromatic N) is 1. The molecule has 1 aromatic carbocycles. The molecule has 0 heterocycles. The maximum Gasteiger partial charge on any atom is 0.326 e. The number of amides is 3. The van der Waals surface area contributed by atoms with Crippen LogP contribution in [0.1, 0.15) is 37.7 Å². The van der Waals surface area contributed by atoms with Crippen LogP contribution < -0.4 is 38.9 Å². The van der Waals surface area contributed by atoms with Gasteiger partial charge in [-0.05, 0) is 44.2 Å². The molecule has 0 saturated carbocycles. The van der Waals surface area contributed by atoms with Crippen LogP contribution in [0.4, 0.5) is 0 Å².